The zero-order valence-corrected chi connectivity index (χ0v) is 10.2. The van der Waals surface area contributed by atoms with Crippen LogP contribution in [0.3, 0.4) is 0 Å². The summed E-state index contributed by atoms with van der Waals surface area (Å²) in [5.74, 6) is 0.104. The Balaban J connectivity index is 2.52. The fraction of sp³-hybridized carbons (Fsp3) is 0.556. The lowest BCUT2D eigenvalue weighted by atomic mass is 10.2. The van der Waals surface area contributed by atoms with Crippen LogP contribution in [0.4, 0.5) is 0 Å². The summed E-state index contributed by atoms with van der Waals surface area (Å²) in [6.45, 7) is 0.496. The molecule has 1 aromatic rings. The van der Waals surface area contributed by atoms with E-state index in [2.05, 4.69) is 9.97 Å². The van der Waals surface area contributed by atoms with Gasteiger partial charge in [-0.2, -0.15) is 0 Å². The number of aryl methyl sites for hydroxylation is 2. The van der Waals surface area contributed by atoms with Crippen molar-refractivity contribution in [2.45, 2.75) is 24.2 Å². The Hall–Kier alpha value is -0.720. The van der Waals surface area contributed by atoms with E-state index in [1.807, 2.05) is 0 Å². The van der Waals surface area contributed by atoms with Gasteiger partial charge in [-0.15, -0.1) is 0 Å². The van der Waals surface area contributed by atoms with Crippen molar-refractivity contribution in [3.05, 3.63) is 16.7 Å². The number of sulfone groups is 1. The summed E-state index contributed by atoms with van der Waals surface area (Å²) in [5, 5.41) is 0.114. The minimum atomic E-state index is -3.21. The number of aromatic nitrogens is 2. The van der Waals surface area contributed by atoms with Crippen molar-refractivity contribution in [2.24, 2.45) is 5.73 Å². The summed E-state index contributed by atoms with van der Waals surface area (Å²) >= 11 is 5.75. The zero-order chi connectivity index (χ0) is 11.8. The molecule has 0 fully saturated rings. The number of fused-ring (bicyclic) bond motifs is 1. The van der Waals surface area contributed by atoms with Crippen LogP contribution in [-0.4, -0.2) is 30.7 Å². The average molecular weight is 262 g/mol. The van der Waals surface area contributed by atoms with E-state index in [1.54, 1.807) is 0 Å². The van der Waals surface area contributed by atoms with Gasteiger partial charge < -0.3 is 5.73 Å². The van der Waals surface area contributed by atoms with E-state index in [0.717, 1.165) is 0 Å². The first-order valence-electron chi connectivity index (χ1n) is 5.02. The van der Waals surface area contributed by atoms with E-state index in [-0.39, 0.29) is 15.9 Å². The number of nitrogens with zero attached hydrogens (tertiary/aromatic N) is 2. The van der Waals surface area contributed by atoms with Crippen molar-refractivity contribution in [1.82, 2.24) is 9.97 Å². The second-order valence-corrected chi connectivity index (χ2v) is 6.06. The highest BCUT2D eigenvalue weighted by molar-refractivity contribution is 7.91. The SMILES string of the molecule is NCCCc1nc(Cl)nc2c1S(=O)(=O)CC2. The van der Waals surface area contributed by atoms with Crippen molar-refractivity contribution in [1.29, 1.82) is 0 Å². The summed E-state index contributed by atoms with van der Waals surface area (Å²) in [6.07, 6.45) is 1.64. The highest BCUT2D eigenvalue weighted by Crippen LogP contribution is 2.28. The third kappa shape index (κ3) is 2.05. The second-order valence-electron chi connectivity index (χ2n) is 3.68. The Morgan fingerprint density at radius 3 is 2.81 bits per heavy atom. The highest BCUT2D eigenvalue weighted by atomic mass is 35.5. The first kappa shape index (κ1) is 11.8. The molecule has 2 N–H and O–H groups in total. The van der Waals surface area contributed by atoms with Gasteiger partial charge in [0.05, 0.1) is 17.1 Å². The van der Waals surface area contributed by atoms with Gasteiger partial charge in [0.1, 0.15) is 4.90 Å². The minimum absolute atomic E-state index is 0.104. The molecule has 1 aliphatic rings. The van der Waals surface area contributed by atoms with Crippen molar-refractivity contribution in [3.8, 4) is 0 Å². The molecule has 0 aliphatic carbocycles. The van der Waals surface area contributed by atoms with Crippen LogP contribution in [0.2, 0.25) is 5.28 Å². The number of hydrogen-bond donors (Lipinski definition) is 1. The number of halogens is 1. The summed E-state index contributed by atoms with van der Waals surface area (Å²) < 4.78 is 23.6. The van der Waals surface area contributed by atoms with E-state index in [4.69, 9.17) is 17.3 Å². The normalized spacial score (nSPS) is 17.4. The second kappa shape index (κ2) is 4.27. The molecule has 0 bridgehead atoms. The molecule has 0 radical (unpaired) electrons. The van der Waals surface area contributed by atoms with Crippen molar-refractivity contribution < 1.29 is 8.42 Å². The Morgan fingerprint density at radius 1 is 1.38 bits per heavy atom. The molecule has 0 saturated carbocycles. The number of rotatable bonds is 3. The molecule has 0 aromatic carbocycles. The molecule has 2 rings (SSSR count). The Kier molecular flexibility index (Phi) is 3.14. The minimum Gasteiger partial charge on any atom is -0.330 e. The predicted octanol–water partition coefficient (Wildman–Crippen LogP) is 0.351. The number of nitrogens with two attached hydrogens (primary N) is 1. The molecule has 5 nitrogen and oxygen atoms in total. The highest BCUT2D eigenvalue weighted by Gasteiger charge is 2.31. The maximum atomic E-state index is 11.8. The lowest BCUT2D eigenvalue weighted by Crippen LogP contribution is -2.09. The Bertz CT molecular complexity index is 516. The van der Waals surface area contributed by atoms with E-state index < -0.39 is 9.84 Å². The molecule has 1 aromatic heterocycles. The molecule has 0 amide bonds. The van der Waals surface area contributed by atoms with Gasteiger partial charge in [0.2, 0.25) is 5.28 Å². The van der Waals surface area contributed by atoms with Gasteiger partial charge in [-0.1, -0.05) is 0 Å². The van der Waals surface area contributed by atoms with Crippen LogP contribution in [0.1, 0.15) is 17.8 Å². The molecule has 0 spiro atoms. The molecule has 2 heterocycles. The number of hydrogen-bond acceptors (Lipinski definition) is 5. The molecule has 7 heteroatoms. The Labute approximate surface area is 99.0 Å². The van der Waals surface area contributed by atoms with Gasteiger partial charge in [-0.25, -0.2) is 18.4 Å². The molecule has 16 heavy (non-hydrogen) atoms. The van der Waals surface area contributed by atoms with Crippen LogP contribution in [0.5, 0.6) is 0 Å². The van der Waals surface area contributed by atoms with Gasteiger partial charge in [-0.3, -0.25) is 0 Å². The first-order valence-corrected chi connectivity index (χ1v) is 7.06. The van der Waals surface area contributed by atoms with Crippen molar-refractivity contribution >= 4 is 21.4 Å². The maximum absolute atomic E-state index is 11.8. The third-order valence-electron chi connectivity index (χ3n) is 2.51. The predicted molar refractivity (Wildman–Crippen MR) is 60.2 cm³/mol. The van der Waals surface area contributed by atoms with Gasteiger partial charge in [-0.05, 0) is 31.0 Å². The van der Waals surface area contributed by atoms with Crippen LogP contribution in [-0.2, 0) is 22.7 Å². The van der Waals surface area contributed by atoms with Gasteiger partial charge in [0, 0.05) is 6.42 Å². The van der Waals surface area contributed by atoms with Gasteiger partial charge in [0.15, 0.2) is 9.84 Å². The summed E-state index contributed by atoms with van der Waals surface area (Å²) in [5.41, 5.74) is 6.46. The monoisotopic (exact) mass is 261 g/mol. The van der Waals surface area contributed by atoms with Crippen LogP contribution in [0, 0.1) is 0 Å². The van der Waals surface area contributed by atoms with E-state index in [0.29, 0.717) is 37.2 Å². The van der Waals surface area contributed by atoms with Crippen LogP contribution in [0.15, 0.2) is 4.90 Å². The maximum Gasteiger partial charge on any atom is 0.222 e. The fourth-order valence-electron chi connectivity index (χ4n) is 1.82. The quantitative estimate of drug-likeness (QED) is 0.794. The molecular weight excluding hydrogens is 250 g/mol. The van der Waals surface area contributed by atoms with Gasteiger partial charge in [0.25, 0.3) is 0 Å². The van der Waals surface area contributed by atoms with Crippen LogP contribution < -0.4 is 5.73 Å². The summed E-state index contributed by atoms with van der Waals surface area (Å²) in [4.78, 5) is 8.24. The lowest BCUT2D eigenvalue weighted by molar-refractivity contribution is 0.597. The van der Waals surface area contributed by atoms with E-state index >= 15 is 0 Å². The topological polar surface area (TPSA) is 85.9 Å². The smallest absolute Gasteiger partial charge is 0.222 e. The van der Waals surface area contributed by atoms with Crippen LogP contribution in [0.25, 0.3) is 0 Å². The third-order valence-corrected chi connectivity index (χ3v) is 4.52. The zero-order valence-electron chi connectivity index (χ0n) is 8.61. The molecule has 0 saturated heterocycles. The fourth-order valence-corrected chi connectivity index (χ4v) is 3.70. The molecule has 0 unspecified atom stereocenters. The standard InChI is InChI=1S/C9H12ClN3O2S/c10-9-12-6(2-1-4-11)8-7(13-9)3-5-16(8,14)15/h1-5,11H2. The molecule has 88 valence electrons. The van der Waals surface area contributed by atoms with E-state index in [1.165, 1.54) is 0 Å². The summed E-state index contributed by atoms with van der Waals surface area (Å²) in [7, 11) is -3.21. The van der Waals surface area contributed by atoms with E-state index in [9.17, 15) is 8.42 Å². The molecule has 1 aliphatic heterocycles. The molecule has 0 atom stereocenters. The van der Waals surface area contributed by atoms with Crippen LogP contribution >= 0.6 is 11.6 Å². The lowest BCUT2D eigenvalue weighted by Gasteiger charge is -2.06. The first-order chi connectivity index (χ1) is 7.54. The van der Waals surface area contributed by atoms with Crippen molar-refractivity contribution in [2.75, 3.05) is 12.3 Å². The largest absolute Gasteiger partial charge is 0.330 e. The molecular formula is C9H12ClN3O2S. The Morgan fingerprint density at radius 2 is 2.12 bits per heavy atom. The van der Waals surface area contributed by atoms with Gasteiger partial charge >= 0.3 is 0 Å². The average Bonchev–Trinajstić information content (AvgIpc) is 2.51. The van der Waals surface area contributed by atoms with Crippen molar-refractivity contribution in [3.63, 3.8) is 0 Å². The summed E-state index contributed by atoms with van der Waals surface area (Å²) in [6, 6.07) is 0.